The summed E-state index contributed by atoms with van der Waals surface area (Å²) in [5.74, 6) is -0.983. The number of amides is 3. The summed E-state index contributed by atoms with van der Waals surface area (Å²) >= 11 is 13.4. The second-order valence-corrected chi connectivity index (χ2v) is 9.71. The summed E-state index contributed by atoms with van der Waals surface area (Å²) in [7, 11) is 1.52. The molecule has 3 amide bonds. The van der Waals surface area contributed by atoms with Crippen LogP contribution in [0.2, 0.25) is 5.02 Å². The number of hydrogen-bond donors (Lipinski definition) is 2. The molecule has 1 aliphatic rings. The third-order valence-corrected chi connectivity index (χ3v) is 7.00. The van der Waals surface area contributed by atoms with E-state index in [4.69, 9.17) is 27.9 Å². The molecule has 1 aromatic heterocycles. The molecule has 0 unspecified atom stereocenters. The molecule has 38 heavy (non-hydrogen) atoms. The molecule has 2 N–H and O–H groups in total. The third-order valence-electron chi connectivity index (χ3n) is 5.64. The van der Waals surface area contributed by atoms with Crippen molar-refractivity contribution in [1.82, 2.24) is 4.98 Å². The van der Waals surface area contributed by atoms with E-state index in [1.807, 2.05) is 17.5 Å². The quantitative estimate of drug-likeness (QED) is 0.261. The van der Waals surface area contributed by atoms with Gasteiger partial charge in [0, 0.05) is 27.2 Å². The smallest absolute Gasteiger partial charge is 0.283 e. The van der Waals surface area contributed by atoms with Gasteiger partial charge in [-0.05, 0) is 60.7 Å². The predicted molar refractivity (Wildman–Crippen MR) is 149 cm³/mol. The Morgan fingerprint density at radius 3 is 2.26 bits per heavy atom. The van der Waals surface area contributed by atoms with Crippen LogP contribution in [-0.4, -0.2) is 29.8 Å². The van der Waals surface area contributed by atoms with E-state index >= 15 is 0 Å². The summed E-state index contributed by atoms with van der Waals surface area (Å²) in [4.78, 5) is 43.8. The lowest BCUT2D eigenvalue weighted by Gasteiger charge is -2.15. The first kappa shape index (κ1) is 25.5. The van der Waals surface area contributed by atoms with Gasteiger partial charge in [-0.2, -0.15) is 0 Å². The minimum atomic E-state index is -0.637. The number of halogens is 2. The second kappa shape index (κ2) is 10.7. The van der Waals surface area contributed by atoms with E-state index in [9.17, 15) is 14.4 Å². The molecule has 0 aliphatic carbocycles. The van der Waals surface area contributed by atoms with Crippen LogP contribution in [0.25, 0.3) is 11.3 Å². The first-order valence-corrected chi connectivity index (χ1v) is 12.8. The Morgan fingerprint density at radius 2 is 1.61 bits per heavy atom. The van der Waals surface area contributed by atoms with Crippen molar-refractivity contribution in [1.29, 1.82) is 0 Å². The summed E-state index contributed by atoms with van der Waals surface area (Å²) in [6, 6.07) is 20.1. The number of ether oxygens (including phenoxy) is 1. The molecule has 1 aliphatic heterocycles. The lowest BCUT2D eigenvalue weighted by molar-refractivity contribution is -0.120. The summed E-state index contributed by atoms with van der Waals surface area (Å²) in [6.45, 7) is 0. The van der Waals surface area contributed by atoms with Gasteiger partial charge in [0.25, 0.3) is 17.7 Å². The maximum Gasteiger partial charge on any atom is 0.283 e. The minimum absolute atomic E-state index is 0.0535. The zero-order chi connectivity index (χ0) is 26.8. The number of rotatable bonds is 7. The molecular formula is C27H18Cl2N4O4S. The number of nitrogens with one attached hydrogen (secondary N) is 2. The van der Waals surface area contributed by atoms with Crippen molar-refractivity contribution in [2.24, 2.45) is 0 Å². The monoisotopic (exact) mass is 564 g/mol. The van der Waals surface area contributed by atoms with Crippen molar-refractivity contribution in [3.05, 3.63) is 99.5 Å². The topological polar surface area (TPSA) is 101 Å². The van der Waals surface area contributed by atoms with Crippen LogP contribution in [0.15, 0.2) is 88.9 Å². The SMILES string of the molecule is COc1ccc(N2C(=O)C(Cl)=C(Nc3ccc(C(=O)Nc4nc(-c5ccc(Cl)cc5)cs4)cc3)C2=O)cc1. The molecule has 0 saturated heterocycles. The third kappa shape index (κ3) is 5.12. The second-order valence-electron chi connectivity index (χ2n) is 8.03. The number of benzene rings is 3. The molecular weight excluding hydrogens is 547 g/mol. The molecule has 0 radical (unpaired) electrons. The normalized spacial score (nSPS) is 13.2. The van der Waals surface area contributed by atoms with Gasteiger partial charge in [0.05, 0.1) is 18.5 Å². The molecule has 3 aromatic carbocycles. The zero-order valence-corrected chi connectivity index (χ0v) is 22.0. The fourth-order valence-electron chi connectivity index (χ4n) is 3.68. The molecule has 0 fully saturated rings. The maximum atomic E-state index is 13.0. The standard InChI is InChI=1S/C27H18Cl2N4O4S/c1-37-20-12-10-19(11-13-20)33-25(35)22(29)23(26(33)36)30-18-8-4-16(5-9-18)24(34)32-27-31-21(14-38-27)15-2-6-17(28)7-3-15/h2-14,30H,1H3,(H,31,32,34). The van der Waals surface area contributed by atoms with E-state index in [0.717, 1.165) is 16.2 Å². The van der Waals surface area contributed by atoms with Crippen molar-refractivity contribution in [2.45, 2.75) is 0 Å². The van der Waals surface area contributed by atoms with Crippen LogP contribution in [0.1, 0.15) is 10.4 Å². The van der Waals surface area contributed by atoms with Crippen LogP contribution in [0.4, 0.5) is 16.5 Å². The predicted octanol–water partition coefficient (Wildman–Crippen LogP) is 6.16. The number of carbonyl (C=O) groups excluding carboxylic acids is 3. The molecule has 5 rings (SSSR count). The van der Waals surface area contributed by atoms with Gasteiger partial charge in [0.2, 0.25) is 0 Å². The van der Waals surface area contributed by atoms with Gasteiger partial charge in [-0.25, -0.2) is 9.88 Å². The molecule has 0 spiro atoms. The number of aromatic nitrogens is 1. The highest BCUT2D eigenvalue weighted by Crippen LogP contribution is 2.31. The number of methoxy groups -OCH3 is 1. The lowest BCUT2D eigenvalue weighted by Crippen LogP contribution is -2.32. The van der Waals surface area contributed by atoms with E-state index < -0.39 is 11.8 Å². The summed E-state index contributed by atoms with van der Waals surface area (Å²) in [6.07, 6.45) is 0. The molecule has 11 heteroatoms. The molecule has 0 atom stereocenters. The van der Waals surface area contributed by atoms with Crippen molar-refractivity contribution >= 4 is 68.8 Å². The largest absolute Gasteiger partial charge is 0.497 e. The van der Waals surface area contributed by atoms with Gasteiger partial charge in [0.1, 0.15) is 16.5 Å². The molecule has 2 heterocycles. The number of thiazole rings is 1. The Hall–Kier alpha value is -4.18. The van der Waals surface area contributed by atoms with Gasteiger partial charge in [-0.15, -0.1) is 11.3 Å². The highest BCUT2D eigenvalue weighted by atomic mass is 35.5. The van der Waals surface area contributed by atoms with E-state index in [1.165, 1.54) is 18.4 Å². The zero-order valence-electron chi connectivity index (χ0n) is 19.7. The van der Waals surface area contributed by atoms with Gasteiger partial charge in [0.15, 0.2) is 5.13 Å². The van der Waals surface area contributed by atoms with Crippen LogP contribution in [0.5, 0.6) is 5.75 Å². The Kier molecular flexibility index (Phi) is 7.15. The number of imide groups is 1. The number of nitrogens with zero attached hydrogens (tertiary/aromatic N) is 2. The van der Waals surface area contributed by atoms with Crippen LogP contribution >= 0.6 is 34.5 Å². The van der Waals surface area contributed by atoms with E-state index in [0.29, 0.717) is 32.8 Å². The molecule has 0 bridgehead atoms. The van der Waals surface area contributed by atoms with Crippen LogP contribution < -0.4 is 20.3 Å². The first-order chi connectivity index (χ1) is 18.3. The van der Waals surface area contributed by atoms with Crippen LogP contribution in [0.3, 0.4) is 0 Å². The highest BCUT2D eigenvalue weighted by Gasteiger charge is 2.39. The Morgan fingerprint density at radius 1 is 0.921 bits per heavy atom. The summed E-state index contributed by atoms with van der Waals surface area (Å²) in [5.41, 5.74) is 2.79. The fraction of sp³-hybridized carbons (Fsp3) is 0.0370. The van der Waals surface area contributed by atoms with Crippen molar-refractivity contribution < 1.29 is 19.1 Å². The molecule has 8 nitrogen and oxygen atoms in total. The number of carbonyl (C=O) groups is 3. The maximum absolute atomic E-state index is 13.0. The highest BCUT2D eigenvalue weighted by molar-refractivity contribution is 7.14. The lowest BCUT2D eigenvalue weighted by atomic mass is 10.2. The van der Waals surface area contributed by atoms with E-state index in [-0.39, 0.29) is 16.6 Å². The first-order valence-electron chi connectivity index (χ1n) is 11.2. The number of anilines is 3. The average molecular weight is 565 g/mol. The molecule has 0 saturated carbocycles. The van der Waals surface area contributed by atoms with E-state index in [1.54, 1.807) is 60.7 Å². The van der Waals surface area contributed by atoms with Gasteiger partial charge < -0.3 is 10.1 Å². The minimum Gasteiger partial charge on any atom is -0.497 e. The Balaban J connectivity index is 1.25. The average Bonchev–Trinajstić information content (AvgIpc) is 3.48. The van der Waals surface area contributed by atoms with Crippen LogP contribution in [0, 0.1) is 0 Å². The number of hydrogen-bond acceptors (Lipinski definition) is 7. The fourth-order valence-corrected chi connectivity index (χ4v) is 4.73. The van der Waals surface area contributed by atoms with Crippen molar-refractivity contribution in [3.63, 3.8) is 0 Å². The Labute approximate surface area is 231 Å². The van der Waals surface area contributed by atoms with Gasteiger partial charge >= 0.3 is 0 Å². The molecule has 190 valence electrons. The van der Waals surface area contributed by atoms with Crippen molar-refractivity contribution in [3.8, 4) is 17.0 Å². The van der Waals surface area contributed by atoms with Crippen molar-refractivity contribution in [2.75, 3.05) is 22.6 Å². The Bertz CT molecular complexity index is 1570. The van der Waals surface area contributed by atoms with E-state index in [2.05, 4.69) is 15.6 Å². The van der Waals surface area contributed by atoms with Gasteiger partial charge in [-0.1, -0.05) is 35.3 Å². The molecule has 4 aromatic rings. The summed E-state index contributed by atoms with van der Waals surface area (Å²) in [5, 5.41) is 8.38. The van der Waals surface area contributed by atoms with Gasteiger partial charge in [-0.3, -0.25) is 19.7 Å². The summed E-state index contributed by atoms with van der Waals surface area (Å²) < 4.78 is 5.12. The van der Waals surface area contributed by atoms with Crippen LogP contribution in [-0.2, 0) is 9.59 Å².